The topological polar surface area (TPSA) is 312 Å². The second-order valence-corrected chi connectivity index (χ2v) is 14.7. The Kier molecular flexibility index (Phi) is 15.1. The monoisotopic (exact) mass is 774 g/mol. The minimum Gasteiger partial charge on any atom is -0.394 e. The van der Waals surface area contributed by atoms with Gasteiger partial charge >= 0.3 is 5.69 Å². The van der Waals surface area contributed by atoms with Gasteiger partial charge in [-0.05, 0) is 30.3 Å². The third-order valence-corrected chi connectivity index (χ3v) is 10.2. The molecule has 0 radical (unpaired) electrons. The third-order valence-electron chi connectivity index (χ3n) is 10.2. The van der Waals surface area contributed by atoms with E-state index in [2.05, 4.69) is 31.4 Å². The Morgan fingerprint density at radius 3 is 2.06 bits per heavy atom. The van der Waals surface area contributed by atoms with E-state index in [4.69, 9.17) is 18.9 Å². The SMILES string of the molecule is CC(=O)NC1C(O)C(O)[C@H](CO)O[C@@H]1O[C@@H]1O[C@H](C[C@@H](O)C2O[C@@H](n3ccc(=O)[nH]c3=O)[C@H](O)[C@@H]2O)C(O)C(O)C1NC(=O)/C=C/C(C)CC(C)C(C)C. The van der Waals surface area contributed by atoms with E-state index in [0.717, 1.165) is 30.2 Å². The molecule has 2 amide bonds. The van der Waals surface area contributed by atoms with E-state index in [0.29, 0.717) is 11.8 Å². The maximum absolute atomic E-state index is 13.2. The summed E-state index contributed by atoms with van der Waals surface area (Å²) in [5, 5.41) is 91.2. The number of aliphatic hydroxyl groups is 8. The lowest BCUT2D eigenvalue weighted by Gasteiger charge is -2.47. The van der Waals surface area contributed by atoms with Crippen LogP contribution in [-0.2, 0) is 28.5 Å². The molecule has 0 aliphatic carbocycles. The van der Waals surface area contributed by atoms with E-state index in [-0.39, 0.29) is 5.92 Å². The summed E-state index contributed by atoms with van der Waals surface area (Å²) in [4.78, 5) is 51.0. The predicted octanol–water partition coefficient (Wildman–Crippen LogP) is -4.33. The van der Waals surface area contributed by atoms with Crippen LogP contribution in [0.25, 0.3) is 0 Å². The van der Waals surface area contributed by atoms with Gasteiger partial charge in [0, 0.05) is 25.6 Å². The molecule has 1 aromatic heterocycles. The van der Waals surface area contributed by atoms with Gasteiger partial charge < -0.3 is 70.4 Å². The van der Waals surface area contributed by atoms with Gasteiger partial charge in [-0.3, -0.25) is 23.9 Å². The van der Waals surface area contributed by atoms with Gasteiger partial charge in [-0.15, -0.1) is 0 Å². The van der Waals surface area contributed by atoms with Crippen LogP contribution in [0.3, 0.4) is 0 Å². The smallest absolute Gasteiger partial charge is 0.330 e. The van der Waals surface area contributed by atoms with E-state index in [1.807, 2.05) is 11.9 Å². The van der Waals surface area contributed by atoms with E-state index >= 15 is 0 Å². The molecule has 4 heterocycles. The van der Waals surface area contributed by atoms with Gasteiger partial charge in [0.1, 0.15) is 60.9 Å². The summed E-state index contributed by atoms with van der Waals surface area (Å²) >= 11 is 0. The summed E-state index contributed by atoms with van der Waals surface area (Å²) in [5.41, 5.74) is -1.69. The highest BCUT2D eigenvalue weighted by atomic mass is 16.8. The lowest BCUT2D eigenvalue weighted by atomic mass is 9.88. The zero-order valence-electron chi connectivity index (χ0n) is 30.6. The lowest BCUT2D eigenvalue weighted by Crippen LogP contribution is -2.68. The van der Waals surface area contributed by atoms with Gasteiger partial charge in [-0.1, -0.05) is 33.8 Å². The lowest BCUT2D eigenvalue weighted by molar-refractivity contribution is -0.346. The molecule has 9 unspecified atom stereocenters. The second-order valence-electron chi connectivity index (χ2n) is 14.7. The maximum Gasteiger partial charge on any atom is 0.330 e. The first-order valence-corrected chi connectivity index (χ1v) is 17.9. The van der Waals surface area contributed by atoms with Crippen molar-refractivity contribution < 1.29 is 69.4 Å². The number of carbonyl (C=O) groups is 2. The molecule has 0 saturated carbocycles. The third kappa shape index (κ3) is 10.2. The first-order valence-electron chi connectivity index (χ1n) is 17.9. The summed E-state index contributed by atoms with van der Waals surface area (Å²) < 4.78 is 24.0. The Morgan fingerprint density at radius 2 is 1.48 bits per heavy atom. The predicted molar refractivity (Wildman–Crippen MR) is 184 cm³/mol. The van der Waals surface area contributed by atoms with Crippen LogP contribution >= 0.6 is 0 Å². The number of aromatic amines is 1. The van der Waals surface area contributed by atoms with Gasteiger partial charge in [0.25, 0.3) is 5.56 Å². The molecule has 0 spiro atoms. The molecule has 0 aromatic carbocycles. The number of H-pyrrole nitrogens is 1. The Bertz CT molecular complexity index is 1560. The summed E-state index contributed by atoms with van der Waals surface area (Å²) in [6.45, 7) is 8.53. The van der Waals surface area contributed by atoms with Crippen molar-refractivity contribution in [2.75, 3.05) is 6.61 Å². The highest BCUT2D eigenvalue weighted by Gasteiger charge is 2.53. The summed E-state index contributed by atoms with van der Waals surface area (Å²) in [5.74, 6) is -0.601. The maximum atomic E-state index is 13.2. The van der Waals surface area contributed by atoms with E-state index in [1.54, 1.807) is 6.08 Å². The molecule has 0 bridgehead atoms. The minimum atomic E-state index is -1.86. The zero-order chi connectivity index (χ0) is 40.2. The number of carbonyl (C=O) groups excluding carboxylic acids is 2. The van der Waals surface area contributed by atoms with Crippen LogP contribution in [0.2, 0.25) is 0 Å². The van der Waals surface area contributed by atoms with Crippen molar-refractivity contribution in [1.82, 2.24) is 20.2 Å². The summed E-state index contributed by atoms with van der Waals surface area (Å²) in [6, 6.07) is -2.04. The van der Waals surface area contributed by atoms with Crippen molar-refractivity contribution in [3.8, 4) is 0 Å². The number of aromatic nitrogens is 2. The van der Waals surface area contributed by atoms with Gasteiger partial charge in [-0.25, -0.2) is 4.79 Å². The molecule has 3 aliphatic heterocycles. The molecule has 54 heavy (non-hydrogen) atoms. The fraction of sp³-hybridized carbons (Fsp3) is 0.765. The Balaban J connectivity index is 1.58. The van der Waals surface area contributed by atoms with E-state index in [1.165, 1.54) is 6.08 Å². The van der Waals surface area contributed by atoms with Gasteiger partial charge in [0.15, 0.2) is 18.8 Å². The van der Waals surface area contributed by atoms with Crippen LogP contribution in [0.5, 0.6) is 0 Å². The van der Waals surface area contributed by atoms with Crippen LogP contribution in [0.15, 0.2) is 34.0 Å². The molecule has 20 heteroatoms. The quantitative estimate of drug-likeness (QED) is 0.0797. The van der Waals surface area contributed by atoms with Crippen LogP contribution < -0.4 is 21.9 Å². The molecule has 17 atom stereocenters. The molecule has 4 rings (SSSR count). The molecule has 20 nitrogen and oxygen atoms in total. The number of hydrogen-bond acceptors (Lipinski definition) is 16. The average molecular weight is 775 g/mol. The van der Waals surface area contributed by atoms with Crippen molar-refractivity contribution in [3.63, 3.8) is 0 Å². The molecular weight excluding hydrogens is 720 g/mol. The molecule has 3 saturated heterocycles. The second kappa shape index (κ2) is 18.7. The number of hydrogen-bond donors (Lipinski definition) is 11. The van der Waals surface area contributed by atoms with Crippen LogP contribution in [0.4, 0.5) is 0 Å². The first-order chi connectivity index (χ1) is 25.3. The normalized spacial score (nSPS) is 37.6. The van der Waals surface area contributed by atoms with Gasteiger partial charge in [0.05, 0.1) is 18.8 Å². The van der Waals surface area contributed by atoms with Gasteiger partial charge in [0.2, 0.25) is 11.8 Å². The number of amides is 2. The fourth-order valence-electron chi connectivity index (χ4n) is 6.75. The number of aliphatic hydroxyl groups excluding tert-OH is 8. The highest BCUT2D eigenvalue weighted by Crippen LogP contribution is 2.34. The molecule has 306 valence electrons. The molecule has 3 fully saturated rings. The minimum absolute atomic E-state index is 0.00403. The Hall–Kier alpha value is -3.12. The van der Waals surface area contributed by atoms with Crippen molar-refractivity contribution in [3.05, 3.63) is 45.3 Å². The van der Waals surface area contributed by atoms with Crippen molar-refractivity contribution in [1.29, 1.82) is 0 Å². The van der Waals surface area contributed by atoms with Crippen molar-refractivity contribution in [2.45, 2.75) is 139 Å². The molecular formula is C34H54N4O16. The number of nitrogens with zero attached hydrogens (tertiary/aromatic N) is 1. The summed E-state index contributed by atoms with van der Waals surface area (Å²) in [7, 11) is 0. The fourth-order valence-corrected chi connectivity index (χ4v) is 6.75. The number of ether oxygens (including phenoxy) is 4. The largest absolute Gasteiger partial charge is 0.394 e. The van der Waals surface area contributed by atoms with Gasteiger partial charge in [-0.2, -0.15) is 0 Å². The zero-order valence-corrected chi connectivity index (χ0v) is 30.6. The number of allylic oxidation sites excluding steroid dienone is 1. The van der Waals surface area contributed by atoms with Crippen LogP contribution in [0, 0.1) is 17.8 Å². The summed E-state index contributed by atoms with van der Waals surface area (Å²) in [6.07, 6.45) is -17.8. The van der Waals surface area contributed by atoms with Crippen molar-refractivity contribution in [2.24, 2.45) is 17.8 Å². The number of rotatable bonds is 14. The van der Waals surface area contributed by atoms with Crippen LogP contribution in [0.1, 0.15) is 53.7 Å². The highest BCUT2D eigenvalue weighted by molar-refractivity contribution is 5.87. The van der Waals surface area contributed by atoms with E-state index in [9.17, 15) is 60.0 Å². The standard InChI is InChI=1S/C34H54N4O16/c1-13(2)15(4)10-14(3)6-7-20(42)36-23-27(47)24(44)18(51-33(23)54-32-22(35-16(5)40)26(46)25(45)19(12-39)52-32)11-17(41)30-28(48)29(49)31(53-30)38-9-8-21(43)37-34(38)50/h6-9,13-15,17-19,22-33,39,41,44-49H,10-12H2,1-5H3,(H,35,40)(H,36,42)(H,37,43,50)/b7-6+/t14?,15?,17-,18-,19+,22?,23?,24?,25?,26?,27?,28+,29-,30?,31-,32-,33+/m1/s1. The molecule has 3 aliphatic rings. The van der Waals surface area contributed by atoms with E-state index < -0.39 is 128 Å². The molecule has 11 N–H and O–H groups in total. The Labute approximate surface area is 310 Å². The molecule has 1 aromatic rings. The van der Waals surface area contributed by atoms with Crippen LogP contribution in [-0.4, -0.2) is 155 Å². The Morgan fingerprint density at radius 1 is 0.889 bits per heavy atom. The average Bonchev–Trinajstić information content (AvgIpc) is 3.40. The number of nitrogens with one attached hydrogen (secondary N) is 3. The first kappa shape index (κ1) is 43.6. The van der Waals surface area contributed by atoms with Crippen molar-refractivity contribution >= 4 is 11.8 Å².